The number of carbonyl (C=O) groups is 1. The summed E-state index contributed by atoms with van der Waals surface area (Å²) in [5.41, 5.74) is 0.0879. The van der Waals surface area contributed by atoms with Crippen molar-refractivity contribution in [2.24, 2.45) is 0 Å². The number of benzene rings is 1. The first-order chi connectivity index (χ1) is 8.16. The van der Waals surface area contributed by atoms with Crippen LogP contribution >= 0.6 is 15.9 Å². The molecule has 1 amide bonds. The third-order valence-corrected chi connectivity index (χ3v) is 3.30. The molecule has 5 heteroatoms. The van der Waals surface area contributed by atoms with Crippen LogP contribution in [0.3, 0.4) is 0 Å². The van der Waals surface area contributed by atoms with Gasteiger partial charge in [0, 0.05) is 17.1 Å². The largest absolute Gasteiger partial charge is 0.348 e. The van der Waals surface area contributed by atoms with Crippen molar-refractivity contribution in [3.8, 4) is 0 Å². The zero-order valence-electron chi connectivity index (χ0n) is 9.30. The summed E-state index contributed by atoms with van der Waals surface area (Å²) in [5, 5.41) is 6.04. The van der Waals surface area contributed by atoms with Gasteiger partial charge in [0.25, 0.3) is 5.91 Å². The third-order valence-electron chi connectivity index (χ3n) is 2.81. The summed E-state index contributed by atoms with van der Waals surface area (Å²) in [5.74, 6) is -0.841. The standard InChI is InChI=1S/C12H14BrFN2O/c13-8-3-4-11(14)10(6-8)12(17)16-9-2-1-5-15-7-9/h3-4,6,9,15H,1-2,5,7H2,(H,16,17). The van der Waals surface area contributed by atoms with E-state index in [0.717, 1.165) is 25.9 Å². The Morgan fingerprint density at radius 3 is 3.06 bits per heavy atom. The van der Waals surface area contributed by atoms with Crippen LogP contribution in [0.5, 0.6) is 0 Å². The van der Waals surface area contributed by atoms with Gasteiger partial charge in [-0.1, -0.05) is 15.9 Å². The van der Waals surface area contributed by atoms with Crippen LogP contribution in [0.25, 0.3) is 0 Å². The van der Waals surface area contributed by atoms with Crippen LogP contribution in [0.2, 0.25) is 0 Å². The van der Waals surface area contributed by atoms with Gasteiger partial charge in [0.05, 0.1) is 5.56 Å². The molecule has 0 aromatic heterocycles. The molecule has 1 fully saturated rings. The van der Waals surface area contributed by atoms with Gasteiger partial charge in [-0.3, -0.25) is 4.79 Å². The van der Waals surface area contributed by atoms with Crippen molar-refractivity contribution in [3.63, 3.8) is 0 Å². The average Bonchev–Trinajstić information content (AvgIpc) is 2.33. The molecule has 1 aliphatic rings. The molecule has 1 aromatic carbocycles. The molecule has 0 aliphatic carbocycles. The van der Waals surface area contributed by atoms with E-state index in [1.54, 1.807) is 6.07 Å². The quantitative estimate of drug-likeness (QED) is 0.878. The second-order valence-corrected chi connectivity index (χ2v) is 5.06. The predicted octanol–water partition coefficient (Wildman–Crippen LogP) is 2.07. The van der Waals surface area contributed by atoms with Crippen LogP contribution < -0.4 is 10.6 Å². The zero-order chi connectivity index (χ0) is 12.3. The molecule has 2 N–H and O–H groups in total. The molecule has 17 heavy (non-hydrogen) atoms. The number of nitrogens with one attached hydrogen (secondary N) is 2. The minimum absolute atomic E-state index is 0.0879. The molecule has 0 saturated carbocycles. The minimum Gasteiger partial charge on any atom is -0.348 e. The second kappa shape index (κ2) is 5.60. The van der Waals surface area contributed by atoms with E-state index in [0.29, 0.717) is 4.47 Å². The maximum Gasteiger partial charge on any atom is 0.254 e. The number of piperidine rings is 1. The molecule has 92 valence electrons. The van der Waals surface area contributed by atoms with Gasteiger partial charge >= 0.3 is 0 Å². The van der Waals surface area contributed by atoms with Gasteiger partial charge < -0.3 is 10.6 Å². The fourth-order valence-corrected chi connectivity index (χ4v) is 2.27. The number of hydrogen-bond acceptors (Lipinski definition) is 2. The van der Waals surface area contributed by atoms with Crippen LogP contribution in [0.4, 0.5) is 4.39 Å². The summed E-state index contributed by atoms with van der Waals surface area (Å²) < 4.78 is 14.2. The molecule has 1 saturated heterocycles. The van der Waals surface area contributed by atoms with E-state index in [9.17, 15) is 9.18 Å². The van der Waals surface area contributed by atoms with Crippen LogP contribution in [-0.4, -0.2) is 25.0 Å². The minimum atomic E-state index is -0.491. The summed E-state index contributed by atoms with van der Waals surface area (Å²) in [6, 6.07) is 4.46. The Hall–Kier alpha value is -0.940. The third kappa shape index (κ3) is 3.26. The lowest BCUT2D eigenvalue weighted by Crippen LogP contribution is -2.45. The summed E-state index contributed by atoms with van der Waals surface area (Å²) in [6.07, 6.45) is 1.97. The molecule has 0 bridgehead atoms. The fourth-order valence-electron chi connectivity index (χ4n) is 1.91. The van der Waals surface area contributed by atoms with Gasteiger partial charge in [-0.15, -0.1) is 0 Å². The van der Waals surface area contributed by atoms with Crippen LogP contribution in [0.1, 0.15) is 23.2 Å². The first-order valence-corrected chi connectivity index (χ1v) is 6.43. The second-order valence-electron chi connectivity index (χ2n) is 4.14. The van der Waals surface area contributed by atoms with E-state index in [4.69, 9.17) is 0 Å². The summed E-state index contributed by atoms with van der Waals surface area (Å²) in [6.45, 7) is 1.74. The first-order valence-electron chi connectivity index (χ1n) is 5.63. The van der Waals surface area contributed by atoms with Gasteiger partial charge in [-0.25, -0.2) is 4.39 Å². The summed E-state index contributed by atoms with van der Waals surface area (Å²) in [7, 11) is 0. The van der Waals surface area contributed by atoms with Crippen LogP contribution in [0.15, 0.2) is 22.7 Å². The Labute approximate surface area is 108 Å². The molecule has 0 spiro atoms. The zero-order valence-corrected chi connectivity index (χ0v) is 10.9. The molecule has 1 aliphatic heterocycles. The van der Waals surface area contributed by atoms with Gasteiger partial charge in [0.1, 0.15) is 5.82 Å². The Morgan fingerprint density at radius 1 is 1.53 bits per heavy atom. The maximum absolute atomic E-state index is 13.5. The number of amides is 1. The normalized spacial score (nSPS) is 20.0. The van der Waals surface area contributed by atoms with Crippen molar-refractivity contribution < 1.29 is 9.18 Å². The molecular weight excluding hydrogens is 287 g/mol. The maximum atomic E-state index is 13.5. The van der Waals surface area contributed by atoms with Crippen LogP contribution in [0, 0.1) is 5.82 Å². The SMILES string of the molecule is O=C(NC1CCCNC1)c1cc(Br)ccc1F. The highest BCUT2D eigenvalue weighted by Gasteiger charge is 2.18. The monoisotopic (exact) mass is 300 g/mol. The van der Waals surface area contributed by atoms with Crippen molar-refractivity contribution >= 4 is 21.8 Å². The number of halogens is 2. The number of carbonyl (C=O) groups excluding carboxylic acids is 1. The van der Waals surface area contributed by atoms with Crippen LogP contribution in [-0.2, 0) is 0 Å². The van der Waals surface area contributed by atoms with Crippen molar-refractivity contribution in [1.82, 2.24) is 10.6 Å². The van der Waals surface area contributed by atoms with Gasteiger partial charge in [-0.05, 0) is 37.6 Å². The van der Waals surface area contributed by atoms with Crippen molar-refractivity contribution in [2.75, 3.05) is 13.1 Å². The lowest BCUT2D eigenvalue weighted by Gasteiger charge is -2.23. The van der Waals surface area contributed by atoms with E-state index < -0.39 is 5.82 Å². The van der Waals surface area contributed by atoms with E-state index in [1.807, 2.05) is 0 Å². The van der Waals surface area contributed by atoms with Crippen molar-refractivity contribution in [2.45, 2.75) is 18.9 Å². The highest BCUT2D eigenvalue weighted by Crippen LogP contribution is 2.16. The summed E-state index contributed by atoms with van der Waals surface area (Å²) in [4.78, 5) is 11.9. The average molecular weight is 301 g/mol. The van der Waals surface area contributed by atoms with Crippen molar-refractivity contribution in [3.05, 3.63) is 34.1 Å². The Kier molecular flexibility index (Phi) is 4.12. The lowest BCUT2D eigenvalue weighted by molar-refractivity contribution is 0.0926. The van der Waals surface area contributed by atoms with E-state index in [-0.39, 0.29) is 17.5 Å². The molecule has 1 heterocycles. The van der Waals surface area contributed by atoms with Gasteiger partial charge in [0.2, 0.25) is 0 Å². The Morgan fingerprint density at radius 2 is 2.35 bits per heavy atom. The smallest absolute Gasteiger partial charge is 0.254 e. The highest BCUT2D eigenvalue weighted by molar-refractivity contribution is 9.10. The van der Waals surface area contributed by atoms with E-state index >= 15 is 0 Å². The van der Waals surface area contributed by atoms with Gasteiger partial charge in [0.15, 0.2) is 0 Å². The lowest BCUT2D eigenvalue weighted by atomic mass is 10.1. The predicted molar refractivity (Wildman–Crippen MR) is 67.5 cm³/mol. The molecule has 0 radical (unpaired) electrons. The number of hydrogen-bond donors (Lipinski definition) is 2. The molecule has 2 rings (SSSR count). The van der Waals surface area contributed by atoms with Gasteiger partial charge in [-0.2, -0.15) is 0 Å². The molecular formula is C12H14BrFN2O. The Balaban J connectivity index is 2.05. The molecule has 1 unspecified atom stereocenters. The molecule has 1 aromatic rings. The Bertz CT molecular complexity index is 419. The first kappa shape index (κ1) is 12.5. The summed E-state index contributed by atoms with van der Waals surface area (Å²) >= 11 is 3.23. The molecule has 3 nitrogen and oxygen atoms in total. The van der Waals surface area contributed by atoms with E-state index in [1.165, 1.54) is 12.1 Å². The number of rotatable bonds is 2. The fraction of sp³-hybridized carbons (Fsp3) is 0.417. The topological polar surface area (TPSA) is 41.1 Å². The van der Waals surface area contributed by atoms with E-state index in [2.05, 4.69) is 26.6 Å². The molecule has 1 atom stereocenters. The van der Waals surface area contributed by atoms with Crippen molar-refractivity contribution in [1.29, 1.82) is 0 Å². The highest BCUT2D eigenvalue weighted by atomic mass is 79.9.